The second kappa shape index (κ2) is 3.80. The van der Waals surface area contributed by atoms with Crippen LogP contribution in [0.15, 0.2) is 12.1 Å². The molecule has 0 aliphatic carbocycles. The molecule has 0 aromatic heterocycles. The fraction of sp³-hybridized carbons (Fsp3) is 0.231. The molecule has 2 rings (SSSR count). The fourth-order valence-electron chi connectivity index (χ4n) is 1.63. The summed E-state index contributed by atoms with van der Waals surface area (Å²) < 4.78 is 13.8. The van der Waals surface area contributed by atoms with Gasteiger partial charge in [-0.2, -0.15) is 0 Å². The van der Waals surface area contributed by atoms with E-state index in [1.165, 1.54) is 18.3 Å². The highest BCUT2D eigenvalue weighted by Crippen LogP contribution is 2.18. The van der Waals surface area contributed by atoms with Crippen LogP contribution in [0.4, 0.5) is 4.39 Å². The van der Waals surface area contributed by atoms with Crippen LogP contribution in [0.1, 0.15) is 19.4 Å². The lowest BCUT2D eigenvalue weighted by Gasteiger charge is -2.18. The molecule has 1 amide bonds. The first-order chi connectivity index (χ1) is 7.94. The Kier molecular flexibility index (Phi) is 2.58. The van der Waals surface area contributed by atoms with E-state index in [1.807, 2.05) is 0 Å². The van der Waals surface area contributed by atoms with Crippen LogP contribution >= 0.6 is 0 Å². The van der Waals surface area contributed by atoms with Gasteiger partial charge in [-0.25, -0.2) is 9.71 Å². The van der Waals surface area contributed by atoms with Gasteiger partial charge in [0.2, 0.25) is 0 Å². The molecule has 1 heterocycles. The van der Waals surface area contributed by atoms with Crippen LogP contribution < -0.4 is 15.8 Å². The van der Waals surface area contributed by atoms with E-state index in [-0.39, 0.29) is 5.22 Å². The summed E-state index contributed by atoms with van der Waals surface area (Å²) >= 11 is 0. The predicted octanol–water partition coefficient (Wildman–Crippen LogP) is -0.0347. The van der Waals surface area contributed by atoms with E-state index in [0.717, 1.165) is 6.29 Å². The van der Waals surface area contributed by atoms with Crippen molar-refractivity contribution < 1.29 is 14.0 Å². The molecule has 0 bridgehead atoms. The van der Waals surface area contributed by atoms with Gasteiger partial charge < -0.3 is 4.79 Å². The minimum atomic E-state index is -0.776. The van der Waals surface area contributed by atoms with Crippen LogP contribution in [-0.2, 0) is 15.0 Å². The van der Waals surface area contributed by atoms with Gasteiger partial charge in [0.05, 0.1) is 0 Å². The topological polar surface area (TPSA) is 48.2 Å². The van der Waals surface area contributed by atoms with Gasteiger partial charge in [-0.1, -0.05) is 0 Å². The molecule has 0 saturated carbocycles. The molecule has 3 nitrogen and oxygen atoms in total. The smallest absolute Gasteiger partial charge is 0.270 e. The zero-order valence-corrected chi connectivity index (χ0v) is 9.53. The minimum Gasteiger partial charge on any atom is -0.302 e. The van der Waals surface area contributed by atoms with Gasteiger partial charge in [0, 0.05) is 22.9 Å². The molecule has 17 heavy (non-hydrogen) atoms. The number of fused-ring (bicyclic) bond motifs is 1. The molecule has 1 aliphatic heterocycles. The Bertz CT molecular complexity index is 617. The molecular weight excluding hydrogens is 221 g/mol. The van der Waals surface area contributed by atoms with Gasteiger partial charge >= 0.3 is 0 Å². The highest BCUT2D eigenvalue weighted by molar-refractivity contribution is 6.06. The molecular formula is C13H11FNO2. The van der Waals surface area contributed by atoms with Crippen molar-refractivity contribution in [3.05, 3.63) is 34.0 Å². The molecule has 1 aromatic carbocycles. The third kappa shape index (κ3) is 1.98. The first-order valence-electron chi connectivity index (χ1n) is 5.17. The van der Waals surface area contributed by atoms with Crippen molar-refractivity contribution in [1.29, 1.82) is 0 Å². The van der Waals surface area contributed by atoms with E-state index in [0.29, 0.717) is 10.8 Å². The largest absolute Gasteiger partial charge is 0.302 e. The van der Waals surface area contributed by atoms with Crippen LogP contribution in [0.2, 0.25) is 0 Å². The number of aldehydes is 1. The van der Waals surface area contributed by atoms with Crippen molar-refractivity contribution in [2.24, 2.45) is 0 Å². The molecule has 0 saturated heterocycles. The van der Waals surface area contributed by atoms with Gasteiger partial charge in [-0.05, 0) is 36.8 Å². The third-order valence-corrected chi connectivity index (χ3v) is 2.80. The maximum Gasteiger partial charge on any atom is 0.270 e. The summed E-state index contributed by atoms with van der Waals surface area (Å²) in [5, 5.41) is 4.27. The van der Waals surface area contributed by atoms with Crippen molar-refractivity contribution >= 4 is 24.5 Å². The predicted molar refractivity (Wildman–Crippen MR) is 60.8 cm³/mol. The van der Waals surface area contributed by atoms with Crippen LogP contribution in [0.3, 0.4) is 0 Å². The SMILES string of the molecule is CC(C)(C=O)c1cc(F)c2c(c1)=CC(=O)[N]C=2. The maximum absolute atomic E-state index is 13.8. The average Bonchev–Trinajstić information content (AvgIpc) is 2.28. The monoisotopic (exact) mass is 232 g/mol. The number of hydrogen-bond acceptors (Lipinski definition) is 2. The van der Waals surface area contributed by atoms with Crippen LogP contribution in [0, 0.1) is 5.82 Å². The second-order valence-corrected chi connectivity index (χ2v) is 4.54. The Morgan fingerprint density at radius 3 is 2.71 bits per heavy atom. The molecule has 0 N–H and O–H groups in total. The maximum atomic E-state index is 13.8. The average molecular weight is 232 g/mol. The number of carbonyl (C=O) groups is 2. The lowest BCUT2D eigenvalue weighted by molar-refractivity contribution is -0.114. The van der Waals surface area contributed by atoms with E-state index in [1.54, 1.807) is 19.9 Å². The summed E-state index contributed by atoms with van der Waals surface area (Å²) in [5.41, 5.74) is -0.232. The van der Waals surface area contributed by atoms with Crippen molar-refractivity contribution in [2.75, 3.05) is 0 Å². The molecule has 0 unspecified atom stereocenters. The van der Waals surface area contributed by atoms with E-state index >= 15 is 0 Å². The number of hydrogen-bond donors (Lipinski definition) is 0. The Morgan fingerprint density at radius 1 is 1.35 bits per heavy atom. The highest BCUT2D eigenvalue weighted by atomic mass is 19.1. The molecule has 1 aromatic rings. The minimum absolute atomic E-state index is 0.287. The zero-order chi connectivity index (χ0) is 12.6. The van der Waals surface area contributed by atoms with E-state index < -0.39 is 17.1 Å². The first kappa shape index (κ1) is 11.5. The lowest BCUT2D eigenvalue weighted by atomic mass is 9.85. The normalized spacial score (nSPS) is 14.2. The van der Waals surface area contributed by atoms with Crippen LogP contribution in [0.5, 0.6) is 0 Å². The lowest BCUT2D eigenvalue weighted by Crippen LogP contribution is -2.37. The standard InChI is InChI=1S/C13H11FNO2/c1-13(2,7-16)9-3-8-4-12(17)15-6-10(8)11(14)5-9/h3-7H,1-2H3. The number of rotatable bonds is 2. The number of amides is 1. The van der Waals surface area contributed by atoms with E-state index in [2.05, 4.69) is 5.32 Å². The van der Waals surface area contributed by atoms with Gasteiger partial charge in [-0.3, -0.25) is 4.79 Å². The van der Waals surface area contributed by atoms with Gasteiger partial charge in [0.25, 0.3) is 5.91 Å². The zero-order valence-electron chi connectivity index (χ0n) is 9.53. The molecule has 0 fully saturated rings. The van der Waals surface area contributed by atoms with Crippen molar-refractivity contribution in [1.82, 2.24) is 5.32 Å². The van der Waals surface area contributed by atoms with Gasteiger partial charge in [0.15, 0.2) is 0 Å². The Labute approximate surface area is 97.6 Å². The molecule has 0 atom stereocenters. The van der Waals surface area contributed by atoms with Crippen molar-refractivity contribution in [3.63, 3.8) is 0 Å². The quantitative estimate of drug-likeness (QED) is 0.672. The molecule has 1 aliphatic rings. The van der Waals surface area contributed by atoms with Crippen molar-refractivity contribution in [2.45, 2.75) is 19.3 Å². The summed E-state index contributed by atoms with van der Waals surface area (Å²) in [5.74, 6) is -0.891. The first-order valence-corrected chi connectivity index (χ1v) is 5.17. The molecule has 4 heteroatoms. The summed E-state index contributed by atoms with van der Waals surface area (Å²) in [4.78, 5) is 22.1. The number of halogens is 1. The van der Waals surface area contributed by atoms with Crippen LogP contribution in [0.25, 0.3) is 12.3 Å². The molecule has 87 valence electrons. The van der Waals surface area contributed by atoms with Crippen LogP contribution in [-0.4, -0.2) is 12.2 Å². The van der Waals surface area contributed by atoms with Gasteiger partial charge in [-0.15, -0.1) is 0 Å². The van der Waals surface area contributed by atoms with E-state index in [4.69, 9.17) is 0 Å². The summed E-state index contributed by atoms with van der Waals surface area (Å²) in [6, 6.07) is 2.96. The Morgan fingerprint density at radius 2 is 2.06 bits per heavy atom. The molecule has 1 radical (unpaired) electrons. The number of benzene rings is 1. The Balaban J connectivity index is 2.75. The Hall–Kier alpha value is -1.97. The van der Waals surface area contributed by atoms with E-state index in [9.17, 15) is 14.0 Å². The second-order valence-electron chi connectivity index (χ2n) is 4.54. The summed E-state index contributed by atoms with van der Waals surface area (Å²) in [6.45, 7) is 3.39. The van der Waals surface area contributed by atoms with Crippen molar-refractivity contribution in [3.8, 4) is 0 Å². The number of nitrogens with zero attached hydrogens (tertiary/aromatic N) is 1. The van der Waals surface area contributed by atoms with Gasteiger partial charge in [0.1, 0.15) is 12.1 Å². The molecule has 0 spiro atoms. The fourth-order valence-corrected chi connectivity index (χ4v) is 1.63. The highest BCUT2D eigenvalue weighted by Gasteiger charge is 2.21. The summed E-state index contributed by atoms with van der Waals surface area (Å²) in [7, 11) is 0. The number of carbonyl (C=O) groups excluding carboxylic acids is 2. The summed E-state index contributed by atoms with van der Waals surface area (Å²) in [6.07, 6.45) is 3.24. The third-order valence-electron chi connectivity index (χ3n) is 2.80.